The number of halogens is 1. The zero-order valence-electron chi connectivity index (χ0n) is 12.6. The first-order chi connectivity index (χ1) is 10.7. The van der Waals surface area contributed by atoms with Gasteiger partial charge in [-0.1, -0.05) is 23.7 Å². The van der Waals surface area contributed by atoms with Crippen LogP contribution in [-0.2, 0) is 12.8 Å². The smallest absolute Gasteiger partial charge is 0.133 e. The first-order valence-corrected chi connectivity index (χ1v) is 8.04. The third-order valence-corrected chi connectivity index (χ3v) is 4.31. The molecule has 0 amide bonds. The van der Waals surface area contributed by atoms with Crippen LogP contribution in [0.5, 0.6) is 0 Å². The van der Waals surface area contributed by atoms with E-state index < -0.39 is 0 Å². The Balaban J connectivity index is 1.90. The summed E-state index contributed by atoms with van der Waals surface area (Å²) >= 11 is 5.93. The van der Waals surface area contributed by atoms with Crippen LogP contribution in [-0.4, -0.2) is 21.7 Å². The van der Waals surface area contributed by atoms with Gasteiger partial charge in [0.25, 0.3) is 0 Å². The SMILES string of the molecule is Cc1nc2c(c(NC(CO)c3ccc(Cl)cc3)n1)CCCC2. The van der Waals surface area contributed by atoms with Crippen molar-refractivity contribution in [3.05, 3.63) is 51.9 Å². The third-order valence-electron chi connectivity index (χ3n) is 4.06. The number of aliphatic hydroxyl groups is 1. The predicted molar refractivity (Wildman–Crippen MR) is 88.3 cm³/mol. The molecule has 1 heterocycles. The highest BCUT2D eigenvalue weighted by Gasteiger charge is 2.19. The van der Waals surface area contributed by atoms with Gasteiger partial charge in [-0.3, -0.25) is 0 Å². The summed E-state index contributed by atoms with van der Waals surface area (Å²) in [6.45, 7) is 1.91. The Labute approximate surface area is 135 Å². The molecule has 0 spiro atoms. The Morgan fingerprint density at radius 1 is 1.18 bits per heavy atom. The van der Waals surface area contributed by atoms with Gasteiger partial charge in [0.15, 0.2) is 0 Å². The average Bonchev–Trinajstić information content (AvgIpc) is 2.53. The minimum absolute atomic E-state index is 0.000539. The molecule has 5 heteroatoms. The summed E-state index contributed by atoms with van der Waals surface area (Å²) in [6, 6.07) is 7.33. The number of anilines is 1. The van der Waals surface area contributed by atoms with Crippen LogP contribution in [0.3, 0.4) is 0 Å². The van der Waals surface area contributed by atoms with Gasteiger partial charge < -0.3 is 10.4 Å². The van der Waals surface area contributed by atoms with Crippen molar-refractivity contribution in [2.24, 2.45) is 0 Å². The second-order valence-electron chi connectivity index (χ2n) is 5.68. The van der Waals surface area contributed by atoms with E-state index >= 15 is 0 Å². The fraction of sp³-hybridized carbons (Fsp3) is 0.412. The van der Waals surface area contributed by atoms with Crippen molar-refractivity contribution in [2.75, 3.05) is 11.9 Å². The maximum Gasteiger partial charge on any atom is 0.133 e. The first kappa shape index (κ1) is 15.3. The average molecular weight is 318 g/mol. The Morgan fingerprint density at radius 2 is 1.91 bits per heavy atom. The summed E-state index contributed by atoms with van der Waals surface area (Å²) in [5.74, 6) is 1.63. The van der Waals surface area contributed by atoms with Crippen molar-refractivity contribution < 1.29 is 5.11 Å². The summed E-state index contributed by atoms with van der Waals surface area (Å²) in [5, 5.41) is 13.8. The fourth-order valence-corrected chi connectivity index (χ4v) is 3.06. The van der Waals surface area contributed by atoms with E-state index in [2.05, 4.69) is 15.3 Å². The molecule has 1 aromatic heterocycles. The number of rotatable bonds is 4. The van der Waals surface area contributed by atoms with Crippen molar-refractivity contribution in [2.45, 2.75) is 38.6 Å². The molecule has 2 aromatic rings. The standard InChI is InChI=1S/C17H20ClN3O/c1-11-19-15-5-3-2-4-14(15)17(20-11)21-16(10-22)12-6-8-13(18)9-7-12/h6-9,16,22H,2-5,10H2,1H3,(H,19,20,21). The second-order valence-corrected chi connectivity index (χ2v) is 6.12. The number of nitrogens with zero attached hydrogens (tertiary/aromatic N) is 2. The maximum atomic E-state index is 9.74. The number of aryl methyl sites for hydroxylation is 2. The minimum Gasteiger partial charge on any atom is -0.394 e. The number of aliphatic hydroxyl groups excluding tert-OH is 1. The van der Waals surface area contributed by atoms with Crippen LogP contribution < -0.4 is 5.32 Å². The molecular formula is C17H20ClN3O. The van der Waals surface area contributed by atoms with E-state index in [9.17, 15) is 5.11 Å². The molecule has 4 nitrogen and oxygen atoms in total. The number of hydrogen-bond donors (Lipinski definition) is 2. The van der Waals surface area contributed by atoms with Crippen LogP contribution >= 0.6 is 11.6 Å². The van der Waals surface area contributed by atoms with E-state index in [4.69, 9.17) is 11.6 Å². The summed E-state index contributed by atoms with van der Waals surface area (Å²) < 4.78 is 0. The van der Waals surface area contributed by atoms with Gasteiger partial charge in [-0.25, -0.2) is 9.97 Å². The molecule has 3 rings (SSSR count). The molecule has 1 aliphatic carbocycles. The van der Waals surface area contributed by atoms with Crippen LogP contribution in [0.4, 0.5) is 5.82 Å². The lowest BCUT2D eigenvalue weighted by molar-refractivity contribution is 0.276. The molecule has 1 atom stereocenters. The van der Waals surface area contributed by atoms with Gasteiger partial charge in [-0.2, -0.15) is 0 Å². The van der Waals surface area contributed by atoms with Crippen LogP contribution in [0, 0.1) is 6.92 Å². The van der Waals surface area contributed by atoms with Gasteiger partial charge in [0.1, 0.15) is 11.6 Å². The number of aromatic nitrogens is 2. The zero-order valence-corrected chi connectivity index (χ0v) is 13.4. The van der Waals surface area contributed by atoms with Crippen LogP contribution in [0.1, 0.15) is 41.5 Å². The Kier molecular flexibility index (Phi) is 4.60. The number of fused-ring (bicyclic) bond motifs is 1. The van der Waals surface area contributed by atoms with Gasteiger partial charge in [-0.05, 0) is 50.3 Å². The Bertz CT molecular complexity index is 658. The highest BCUT2D eigenvalue weighted by molar-refractivity contribution is 6.30. The van der Waals surface area contributed by atoms with E-state index in [0.29, 0.717) is 5.02 Å². The van der Waals surface area contributed by atoms with Crippen LogP contribution in [0.2, 0.25) is 5.02 Å². The summed E-state index contributed by atoms with van der Waals surface area (Å²) in [7, 11) is 0. The van der Waals surface area contributed by atoms with Crippen molar-refractivity contribution in [1.82, 2.24) is 9.97 Å². The monoisotopic (exact) mass is 317 g/mol. The number of benzene rings is 1. The topological polar surface area (TPSA) is 58.0 Å². The van der Waals surface area contributed by atoms with E-state index in [-0.39, 0.29) is 12.6 Å². The van der Waals surface area contributed by atoms with E-state index in [1.54, 1.807) is 0 Å². The molecule has 116 valence electrons. The molecule has 2 N–H and O–H groups in total. The third kappa shape index (κ3) is 3.23. The zero-order chi connectivity index (χ0) is 15.5. The van der Waals surface area contributed by atoms with Gasteiger partial charge in [0.2, 0.25) is 0 Å². The second kappa shape index (κ2) is 6.63. The van der Waals surface area contributed by atoms with Crippen molar-refractivity contribution in [1.29, 1.82) is 0 Å². The Morgan fingerprint density at radius 3 is 2.64 bits per heavy atom. The molecule has 1 aromatic carbocycles. The van der Waals surface area contributed by atoms with E-state index in [1.807, 2.05) is 31.2 Å². The van der Waals surface area contributed by atoms with Crippen molar-refractivity contribution >= 4 is 17.4 Å². The summed E-state index contributed by atoms with van der Waals surface area (Å²) in [6.07, 6.45) is 4.36. The lowest BCUT2D eigenvalue weighted by atomic mass is 9.96. The quantitative estimate of drug-likeness (QED) is 0.906. The molecule has 0 bridgehead atoms. The van der Waals surface area contributed by atoms with Crippen molar-refractivity contribution in [3.63, 3.8) is 0 Å². The summed E-state index contributed by atoms with van der Waals surface area (Å²) in [4.78, 5) is 9.12. The minimum atomic E-state index is -0.197. The molecule has 1 aliphatic rings. The first-order valence-electron chi connectivity index (χ1n) is 7.66. The number of nitrogens with one attached hydrogen (secondary N) is 1. The Hall–Kier alpha value is -1.65. The molecule has 0 saturated heterocycles. The fourth-order valence-electron chi connectivity index (χ4n) is 2.93. The van der Waals surface area contributed by atoms with Gasteiger partial charge >= 0.3 is 0 Å². The largest absolute Gasteiger partial charge is 0.394 e. The summed E-state index contributed by atoms with van der Waals surface area (Å²) in [5.41, 5.74) is 3.34. The van der Waals surface area contributed by atoms with Crippen molar-refractivity contribution in [3.8, 4) is 0 Å². The highest BCUT2D eigenvalue weighted by Crippen LogP contribution is 2.28. The highest BCUT2D eigenvalue weighted by atomic mass is 35.5. The molecule has 0 fully saturated rings. The predicted octanol–water partition coefficient (Wildman–Crippen LogP) is 3.46. The molecular weight excluding hydrogens is 298 g/mol. The van der Waals surface area contributed by atoms with Gasteiger partial charge in [0.05, 0.1) is 12.6 Å². The molecule has 0 aliphatic heterocycles. The lowest BCUT2D eigenvalue weighted by Gasteiger charge is -2.23. The maximum absolute atomic E-state index is 9.74. The molecule has 1 unspecified atom stereocenters. The van der Waals surface area contributed by atoms with E-state index in [1.165, 1.54) is 18.4 Å². The van der Waals surface area contributed by atoms with E-state index in [0.717, 1.165) is 35.7 Å². The van der Waals surface area contributed by atoms with Gasteiger partial charge in [-0.15, -0.1) is 0 Å². The molecule has 22 heavy (non-hydrogen) atoms. The molecule has 0 radical (unpaired) electrons. The van der Waals surface area contributed by atoms with Crippen LogP contribution in [0.25, 0.3) is 0 Å². The van der Waals surface area contributed by atoms with Crippen LogP contribution in [0.15, 0.2) is 24.3 Å². The normalized spacial score (nSPS) is 15.2. The lowest BCUT2D eigenvalue weighted by Crippen LogP contribution is -2.19. The molecule has 0 saturated carbocycles. The number of hydrogen-bond acceptors (Lipinski definition) is 4. The van der Waals surface area contributed by atoms with Gasteiger partial charge in [0, 0.05) is 16.3 Å².